The van der Waals surface area contributed by atoms with Crippen LogP contribution in [-0.2, 0) is 18.3 Å². The molecule has 1 amide bonds. The van der Waals surface area contributed by atoms with Crippen molar-refractivity contribution in [1.82, 2.24) is 15.1 Å². The maximum absolute atomic E-state index is 12.3. The van der Waals surface area contributed by atoms with Crippen molar-refractivity contribution in [3.05, 3.63) is 40.2 Å². The molecule has 7 heteroatoms. The van der Waals surface area contributed by atoms with Crippen LogP contribution in [0.5, 0.6) is 11.5 Å². The van der Waals surface area contributed by atoms with E-state index in [-0.39, 0.29) is 18.4 Å². The molecule has 1 aliphatic rings. The van der Waals surface area contributed by atoms with Crippen molar-refractivity contribution in [3.8, 4) is 11.5 Å². The van der Waals surface area contributed by atoms with Gasteiger partial charge in [0.1, 0.15) is 13.2 Å². The molecule has 1 atom stereocenters. The summed E-state index contributed by atoms with van der Waals surface area (Å²) in [6.45, 7) is 4.88. The van der Waals surface area contributed by atoms with E-state index in [0.29, 0.717) is 29.7 Å². The Labute approximate surface area is 145 Å². The number of fused-ring (bicyclic) bond motifs is 1. The Balaban J connectivity index is 1.69. The second-order valence-corrected chi connectivity index (χ2v) is 6.28. The highest BCUT2D eigenvalue weighted by Gasteiger charge is 2.19. The smallest absolute Gasteiger partial charge is 0.224 e. The zero-order valence-corrected chi connectivity index (χ0v) is 14.7. The van der Waals surface area contributed by atoms with Gasteiger partial charge in [0.05, 0.1) is 23.7 Å². The standard InChI is InChI=1S/C17H20ClN3O3/c1-10(13-9-19-21(3)11(13)2)20-16(22)8-12-6-14(18)17-15(7-12)23-4-5-24-17/h6-7,9-10H,4-5,8H2,1-3H3,(H,20,22)/t10-/m0/s1. The summed E-state index contributed by atoms with van der Waals surface area (Å²) in [7, 11) is 1.88. The summed E-state index contributed by atoms with van der Waals surface area (Å²) in [6, 6.07) is 3.44. The molecule has 2 heterocycles. The number of nitrogens with one attached hydrogen (secondary N) is 1. The summed E-state index contributed by atoms with van der Waals surface area (Å²) < 4.78 is 12.8. The predicted octanol–water partition coefficient (Wildman–Crippen LogP) is 2.57. The van der Waals surface area contributed by atoms with Crippen LogP contribution in [-0.4, -0.2) is 28.9 Å². The van der Waals surface area contributed by atoms with Crippen LogP contribution < -0.4 is 14.8 Å². The van der Waals surface area contributed by atoms with E-state index in [2.05, 4.69) is 10.4 Å². The Morgan fingerprint density at radius 1 is 1.42 bits per heavy atom. The number of hydrogen-bond acceptors (Lipinski definition) is 4. The largest absolute Gasteiger partial charge is 0.486 e. The van der Waals surface area contributed by atoms with Gasteiger partial charge in [0.25, 0.3) is 0 Å². The Bertz CT molecular complexity index is 773. The Kier molecular flexibility index (Phi) is 4.66. The lowest BCUT2D eigenvalue weighted by molar-refractivity contribution is -0.121. The van der Waals surface area contributed by atoms with Gasteiger partial charge in [-0.2, -0.15) is 5.10 Å². The molecular weight excluding hydrogens is 330 g/mol. The zero-order chi connectivity index (χ0) is 17.3. The minimum Gasteiger partial charge on any atom is -0.486 e. The molecule has 24 heavy (non-hydrogen) atoms. The van der Waals surface area contributed by atoms with E-state index in [0.717, 1.165) is 16.8 Å². The molecule has 0 saturated carbocycles. The summed E-state index contributed by atoms with van der Waals surface area (Å²) in [5.41, 5.74) is 2.83. The third-order valence-corrected chi connectivity index (χ3v) is 4.42. The van der Waals surface area contributed by atoms with Gasteiger partial charge >= 0.3 is 0 Å². The van der Waals surface area contributed by atoms with E-state index in [9.17, 15) is 4.79 Å². The zero-order valence-electron chi connectivity index (χ0n) is 13.9. The van der Waals surface area contributed by atoms with Crippen LogP contribution in [0.2, 0.25) is 5.02 Å². The van der Waals surface area contributed by atoms with Crippen LogP contribution in [0.4, 0.5) is 0 Å². The van der Waals surface area contributed by atoms with Crippen molar-refractivity contribution in [2.24, 2.45) is 7.05 Å². The molecule has 6 nitrogen and oxygen atoms in total. The first kappa shape index (κ1) is 16.6. The molecule has 0 saturated heterocycles. The second-order valence-electron chi connectivity index (χ2n) is 5.88. The predicted molar refractivity (Wildman–Crippen MR) is 90.6 cm³/mol. The van der Waals surface area contributed by atoms with Gasteiger partial charge < -0.3 is 14.8 Å². The maximum atomic E-state index is 12.3. The van der Waals surface area contributed by atoms with Gasteiger partial charge in [0, 0.05) is 18.3 Å². The molecule has 0 aliphatic carbocycles. The molecule has 128 valence electrons. The lowest BCUT2D eigenvalue weighted by Gasteiger charge is -2.20. The molecule has 1 N–H and O–H groups in total. The van der Waals surface area contributed by atoms with Crippen molar-refractivity contribution in [3.63, 3.8) is 0 Å². The fourth-order valence-corrected chi connectivity index (χ4v) is 3.05. The molecular formula is C17H20ClN3O3. The topological polar surface area (TPSA) is 65.4 Å². The number of halogens is 1. The Hall–Kier alpha value is -2.21. The van der Waals surface area contributed by atoms with Crippen molar-refractivity contribution in [2.45, 2.75) is 26.3 Å². The number of carbonyl (C=O) groups is 1. The number of carbonyl (C=O) groups excluding carboxylic acids is 1. The van der Waals surface area contributed by atoms with E-state index in [1.165, 1.54) is 0 Å². The Morgan fingerprint density at radius 3 is 2.88 bits per heavy atom. The third-order valence-electron chi connectivity index (χ3n) is 4.14. The summed E-state index contributed by atoms with van der Waals surface area (Å²) in [5, 5.41) is 7.66. The van der Waals surface area contributed by atoms with Gasteiger partial charge in [0.15, 0.2) is 11.5 Å². The van der Waals surface area contributed by atoms with Crippen LogP contribution in [0.15, 0.2) is 18.3 Å². The van der Waals surface area contributed by atoms with Crippen LogP contribution in [0.3, 0.4) is 0 Å². The van der Waals surface area contributed by atoms with Crippen molar-refractivity contribution in [2.75, 3.05) is 13.2 Å². The van der Waals surface area contributed by atoms with Gasteiger partial charge in [-0.3, -0.25) is 9.48 Å². The quantitative estimate of drug-likeness (QED) is 0.921. The first-order valence-corrected chi connectivity index (χ1v) is 8.19. The average Bonchev–Trinajstić information content (AvgIpc) is 2.87. The molecule has 0 radical (unpaired) electrons. The summed E-state index contributed by atoms with van der Waals surface area (Å²) in [5.74, 6) is 1.05. The number of nitrogens with zero attached hydrogens (tertiary/aromatic N) is 2. The van der Waals surface area contributed by atoms with Crippen molar-refractivity contribution in [1.29, 1.82) is 0 Å². The summed E-state index contributed by atoms with van der Waals surface area (Å²) in [4.78, 5) is 12.3. The van der Waals surface area contributed by atoms with Gasteiger partial charge in [-0.1, -0.05) is 11.6 Å². The molecule has 0 bridgehead atoms. The number of amides is 1. The van der Waals surface area contributed by atoms with Gasteiger partial charge in [-0.15, -0.1) is 0 Å². The fourth-order valence-electron chi connectivity index (χ4n) is 2.76. The summed E-state index contributed by atoms with van der Waals surface area (Å²) in [6.07, 6.45) is 2.00. The highest BCUT2D eigenvalue weighted by atomic mass is 35.5. The van der Waals surface area contributed by atoms with Gasteiger partial charge in [-0.05, 0) is 31.5 Å². The fraction of sp³-hybridized carbons (Fsp3) is 0.412. The second kappa shape index (κ2) is 6.73. The monoisotopic (exact) mass is 349 g/mol. The molecule has 0 fully saturated rings. The molecule has 2 aromatic rings. The van der Waals surface area contributed by atoms with E-state index >= 15 is 0 Å². The number of ether oxygens (including phenoxy) is 2. The first-order chi connectivity index (χ1) is 11.5. The lowest BCUT2D eigenvalue weighted by Crippen LogP contribution is -2.28. The van der Waals surface area contributed by atoms with E-state index in [1.807, 2.05) is 20.9 Å². The highest BCUT2D eigenvalue weighted by molar-refractivity contribution is 6.32. The van der Waals surface area contributed by atoms with Crippen LogP contribution in [0.25, 0.3) is 0 Å². The van der Waals surface area contributed by atoms with Gasteiger partial charge in [0.2, 0.25) is 5.91 Å². The average molecular weight is 350 g/mol. The van der Waals surface area contributed by atoms with Gasteiger partial charge in [-0.25, -0.2) is 0 Å². The number of benzene rings is 1. The van der Waals surface area contributed by atoms with Crippen molar-refractivity contribution >= 4 is 17.5 Å². The Morgan fingerprint density at radius 2 is 2.17 bits per heavy atom. The maximum Gasteiger partial charge on any atom is 0.224 e. The number of aromatic nitrogens is 2. The van der Waals surface area contributed by atoms with E-state index in [4.69, 9.17) is 21.1 Å². The molecule has 1 aliphatic heterocycles. The van der Waals surface area contributed by atoms with Crippen LogP contribution in [0.1, 0.15) is 29.8 Å². The SMILES string of the molecule is Cc1c([C@H](C)NC(=O)Cc2cc(Cl)c3c(c2)OCCO3)cnn1C. The molecule has 0 unspecified atom stereocenters. The molecule has 1 aromatic carbocycles. The lowest BCUT2D eigenvalue weighted by atomic mass is 10.1. The summed E-state index contributed by atoms with van der Waals surface area (Å²) >= 11 is 6.21. The molecule has 0 spiro atoms. The molecule has 3 rings (SSSR count). The minimum absolute atomic E-state index is 0.0847. The van der Waals surface area contributed by atoms with Crippen LogP contribution in [0, 0.1) is 6.92 Å². The number of aryl methyl sites for hydroxylation is 1. The van der Waals surface area contributed by atoms with Crippen LogP contribution >= 0.6 is 11.6 Å². The normalized spacial score (nSPS) is 14.3. The minimum atomic E-state index is -0.112. The third kappa shape index (κ3) is 3.33. The van der Waals surface area contributed by atoms with E-state index in [1.54, 1.807) is 23.0 Å². The number of hydrogen-bond donors (Lipinski definition) is 1. The highest BCUT2D eigenvalue weighted by Crippen LogP contribution is 2.38. The number of rotatable bonds is 4. The van der Waals surface area contributed by atoms with Crippen molar-refractivity contribution < 1.29 is 14.3 Å². The van der Waals surface area contributed by atoms with E-state index < -0.39 is 0 Å². The molecule has 1 aromatic heterocycles. The first-order valence-electron chi connectivity index (χ1n) is 7.81.